The summed E-state index contributed by atoms with van der Waals surface area (Å²) in [6, 6.07) is 72.3. The summed E-state index contributed by atoms with van der Waals surface area (Å²) in [5, 5.41) is 7.30. The van der Waals surface area contributed by atoms with Gasteiger partial charge in [0.15, 0.2) is 0 Å². The van der Waals surface area contributed by atoms with Gasteiger partial charge in [-0.3, -0.25) is 0 Å². The van der Waals surface area contributed by atoms with E-state index in [9.17, 15) is 0 Å². The van der Waals surface area contributed by atoms with Gasteiger partial charge in [0.05, 0.1) is 5.69 Å². The van der Waals surface area contributed by atoms with Crippen molar-refractivity contribution in [2.24, 2.45) is 0 Å². The van der Waals surface area contributed by atoms with Gasteiger partial charge in [-0.1, -0.05) is 140 Å². The molecule has 55 heavy (non-hydrogen) atoms. The van der Waals surface area contributed by atoms with Crippen LogP contribution in [0, 0.1) is 0 Å². The SMILES string of the molecule is c1cc(-c2ccccc2-c2ccc3ccccc3c2)cc(N(c2ccc3c(c2)oc2ccccc23)c2ccccc2-c2cccc3sc4ccccc4c23)c1. The zero-order chi connectivity index (χ0) is 36.3. The second kappa shape index (κ2) is 12.9. The van der Waals surface area contributed by atoms with Crippen LogP contribution in [-0.2, 0) is 0 Å². The van der Waals surface area contributed by atoms with Gasteiger partial charge >= 0.3 is 0 Å². The summed E-state index contributed by atoms with van der Waals surface area (Å²) >= 11 is 1.85. The van der Waals surface area contributed by atoms with E-state index in [0.717, 1.165) is 44.6 Å². The van der Waals surface area contributed by atoms with Crippen LogP contribution in [0.25, 0.3) is 86.3 Å². The third-order valence-electron chi connectivity index (χ3n) is 10.9. The minimum atomic E-state index is 0.866. The fourth-order valence-electron chi connectivity index (χ4n) is 8.33. The Balaban J connectivity index is 1.13. The molecular weight excluding hydrogens is 687 g/mol. The maximum atomic E-state index is 6.49. The topological polar surface area (TPSA) is 16.4 Å². The predicted octanol–water partition coefficient (Wildman–Crippen LogP) is 15.6. The molecule has 11 rings (SSSR count). The molecule has 0 aliphatic rings. The van der Waals surface area contributed by atoms with E-state index in [-0.39, 0.29) is 0 Å². The average molecular weight is 720 g/mol. The number of rotatable bonds is 6. The van der Waals surface area contributed by atoms with Crippen molar-refractivity contribution >= 4 is 81.3 Å². The first-order valence-corrected chi connectivity index (χ1v) is 19.5. The molecule has 0 N–H and O–H groups in total. The molecule has 3 heteroatoms. The number of anilines is 3. The summed E-state index contributed by atoms with van der Waals surface area (Å²) in [6.45, 7) is 0. The van der Waals surface area contributed by atoms with Crippen molar-refractivity contribution in [3.8, 4) is 33.4 Å². The lowest BCUT2D eigenvalue weighted by Gasteiger charge is -2.28. The minimum absolute atomic E-state index is 0.866. The molecule has 2 nitrogen and oxygen atoms in total. The number of fused-ring (bicyclic) bond motifs is 7. The fourth-order valence-corrected chi connectivity index (χ4v) is 9.46. The average Bonchev–Trinajstić information content (AvgIpc) is 3.82. The molecule has 0 amide bonds. The molecule has 0 unspecified atom stereocenters. The third kappa shape index (κ3) is 5.32. The van der Waals surface area contributed by atoms with Gasteiger partial charge in [-0.2, -0.15) is 0 Å². The van der Waals surface area contributed by atoms with Crippen LogP contribution in [0.2, 0.25) is 0 Å². The highest BCUT2D eigenvalue weighted by Crippen LogP contribution is 2.47. The van der Waals surface area contributed by atoms with Crippen LogP contribution in [0.5, 0.6) is 0 Å². The summed E-state index contributed by atoms with van der Waals surface area (Å²) in [7, 11) is 0. The molecule has 9 aromatic carbocycles. The third-order valence-corrected chi connectivity index (χ3v) is 12.0. The van der Waals surface area contributed by atoms with E-state index >= 15 is 0 Å². The molecule has 0 bridgehead atoms. The highest BCUT2D eigenvalue weighted by molar-refractivity contribution is 7.25. The maximum absolute atomic E-state index is 6.49. The first kappa shape index (κ1) is 31.6. The Kier molecular flexibility index (Phi) is 7.39. The van der Waals surface area contributed by atoms with Crippen molar-refractivity contribution in [2.45, 2.75) is 0 Å². The van der Waals surface area contributed by atoms with Gasteiger partial charge in [0, 0.05) is 53.9 Å². The molecule has 0 spiro atoms. The van der Waals surface area contributed by atoms with E-state index in [4.69, 9.17) is 4.42 Å². The number of hydrogen-bond donors (Lipinski definition) is 0. The minimum Gasteiger partial charge on any atom is -0.456 e. The van der Waals surface area contributed by atoms with Gasteiger partial charge < -0.3 is 9.32 Å². The Bertz CT molecular complexity index is 3240. The van der Waals surface area contributed by atoms with Gasteiger partial charge in [0.2, 0.25) is 0 Å². The van der Waals surface area contributed by atoms with Crippen LogP contribution in [0.4, 0.5) is 17.1 Å². The van der Waals surface area contributed by atoms with Crippen molar-refractivity contribution < 1.29 is 4.42 Å². The van der Waals surface area contributed by atoms with Crippen LogP contribution >= 0.6 is 11.3 Å². The number of nitrogens with zero attached hydrogens (tertiary/aromatic N) is 1. The van der Waals surface area contributed by atoms with Gasteiger partial charge in [0.1, 0.15) is 11.2 Å². The highest BCUT2D eigenvalue weighted by atomic mass is 32.1. The quantitative estimate of drug-likeness (QED) is 0.170. The Morgan fingerprint density at radius 1 is 0.364 bits per heavy atom. The summed E-state index contributed by atoms with van der Waals surface area (Å²) in [6.07, 6.45) is 0. The second-order valence-corrected chi connectivity index (χ2v) is 15.1. The van der Waals surface area contributed by atoms with Gasteiger partial charge in [-0.25, -0.2) is 0 Å². The molecule has 0 fully saturated rings. The molecule has 0 atom stereocenters. The van der Waals surface area contributed by atoms with Crippen LogP contribution in [0.1, 0.15) is 0 Å². The molecule has 2 aromatic heterocycles. The monoisotopic (exact) mass is 719 g/mol. The molecule has 0 aliphatic carbocycles. The Hall–Kier alpha value is -6.94. The first-order valence-electron chi connectivity index (χ1n) is 18.7. The van der Waals surface area contributed by atoms with E-state index in [1.807, 2.05) is 23.5 Å². The van der Waals surface area contributed by atoms with Crippen LogP contribution in [-0.4, -0.2) is 0 Å². The number of thiophene rings is 1. The summed E-state index contributed by atoms with van der Waals surface area (Å²) in [5.74, 6) is 0. The van der Waals surface area contributed by atoms with Crippen molar-refractivity contribution in [3.05, 3.63) is 200 Å². The second-order valence-electron chi connectivity index (χ2n) is 14.1. The van der Waals surface area contributed by atoms with Gasteiger partial charge in [-0.05, 0) is 93.2 Å². The lowest BCUT2D eigenvalue weighted by molar-refractivity contribution is 0.669. The van der Waals surface area contributed by atoms with Crippen molar-refractivity contribution in [1.82, 2.24) is 0 Å². The Morgan fingerprint density at radius 3 is 1.89 bits per heavy atom. The summed E-state index contributed by atoms with van der Waals surface area (Å²) < 4.78 is 9.07. The van der Waals surface area contributed by atoms with Gasteiger partial charge in [-0.15, -0.1) is 11.3 Å². The number of benzene rings is 9. The number of furan rings is 1. The normalized spacial score (nSPS) is 11.6. The highest BCUT2D eigenvalue weighted by Gasteiger charge is 2.22. The molecule has 0 saturated carbocycles. The van der Waals surface area contributed by atoms with Crippen molar-refractivity contribution in [3.63, 3.8) is 0 Å². The van der Waals surface area contributed by atoms with E-state index in [1.165, 1.54) is 58.8 Å². The van der Waals surface area contributed by atoms with E-state index in [0.29, 0.717) is 0 Å². The largest absolute Gasteiger partial charge is 0.456 e. The van der Waals surface area contributed by atoms with E-state index < -0.39 is 0 Å². The van der Waals surface area contributed by atoms with Crippen molar-refractivity contribution in [1.29, 1.82) is 0 Å². The summed E-state index contributed by atoms with van der Waals surface area (Å²) in [4.78, 5) is 2.40. The fraction of sp³-hybridized carbons (Fsp3) is 0. The lowest BCUT2D eigenvalue weighted by Crippen LogP contribution is -2.11. The standard InChI is InChI=1S/C52H33NOS/c1-2-14-35-31-37(28-27-34(35)13-1)41-18-4-3-17-40(41)36-15-11-16-38(32-36)53(39-29-30-44-43-20-6-9-24-48(43)54-49(44)33-39)47-23-8-5-19-42(47)45-22-12-26-51-52(45)46-21-7-10-25-50(46)55-51/h1-33H. The lowest BCUT2D eigenvalue weighted by atomic mass is 9.92. The van der Waals surface area contributed by atoms with Crippen LogP contribution in [0.15, 0.2) is 205 Å². The summed E-state index contributed by atoms with van der Waals surface area (Å²) in [5.41, 5.74) is 12.1. The van der Waals surface area contributed by atoms with Crippen LogP contribution < -0.4 is 4.90 Å². The number of para-hydroxylation sites is 2. The predicted molar refractivity (Wildman–Crippen MR) is 235 cm³/mol. The zero-order valence-corrected chi connectivity index (χ0v) is 30.6. The molecule has 0 aliphatic heterocycles. The molecule has 11 aromatic rings. The first-order chi connectivity index (χ1) is 27.3. The maximum Gasteiger partial charge on any atom is 0.137 e. The van der Waals surface area contributed by atoms with Crippen LogP contribution in [0.3, 0.4) is 0 Å². The smallest absolute Gasteiger partial charge is 0.137 e. The molecular formula is C52H33NOS. The van der Waals surface area contributed by atoms with Gasteiger partial charge in [0.25, 0.3) is 0 Å². The number of hydrogen-bond acceptors (Lipinski definition) is 3. The van der Waals surface area contributed by atoms with Crippen molar-refractivity contribution in [2.75, 3.05) is 4.90 Å². The molecule has 0 radical (unpaired) electrons. The Morgan fingerprint density at radius 2 is 1.00 bits per heavy atom. The zero-order valence-electron chi connectivity index (χ0n) is 29.8. The Labute approximate surface area is 322 Å². The van der Waals surface area contributed by atoms with E-state index in [2.05, 4.69) is 193 Å². The molecule has 258 valence electrons. The van der Waals surface area contributed by atoms with E-state index in [1.54, 1.807) is 0 Å². The molecule has 0 saturated heterocycles. The molecule has 2 heterocycles.